The number of nitrogens with zero attached hydrogens (tertiary/aromatic N) is 2. The van der Waals surface area contributed by atoms with Crippen LogP contribution in [0.4, 0.5) is 10.3 Å². The van der Waals surface area contributed by atoms with Gasteiger partial charge in [-0.05, 0) is 42.8 Å². The summed E-state index contributed by atoms with van der Waals surface area (Å²) < 4.78 is 13.3. The summed E-state index contributed by atoms with van der Waals surface area (Å²) in [4.78, 5) is 22.4. The SMILES string of the molecule is Cc1cc(F)ccc1-c1[nH]c(-c2ccnc(N)n2)cc1C(=O)O. The number of nitrogens with one attached hydrogen (secondary N) is 1. The van der Waals surface area contributed by atoms with Crippen molar-refractivity contribution in [2.45, 2.75) is 6.92 Å². The number of aromatic amines is 1. The normalized spacial score (nSPS) is 10.7. The van der Waals surface area contributed by atoms with Crippen molar-refractivity contribution in [3.8, 4) is 22.6 Å². The first-order valence-electron chi connectivity index (χ1n) is 6.77. The first-order chi connectivity index (χ1) is 11.0. The monoisotopic (exact) mass is 312 g/mol. The Morgan fingerprint density at radius 3 is 2.74 bits per heavy atom. The summed E-state index contributed by atoms with van der Waals surface area (Å²) >= 11 is 0. The van der Waals surface area contributed by atoms with E-state index in [2.05, 4.69) is 15.0 Å². The number of aryl methyl sites for hydroxylation is 1. The quantitative estimate of drug-likeness (QED) is 0.689. The topological polar surface area (TPSA) is 105 Å². The fourth-order valence-corrected chi connectivity index (χ4v) is 2.41. The summed E-state index contributed by atoms with van der Waals surface area (Å²) in [6, 6.07) is 7.28. The molecular weight excluding hydrogens is 299 g/mol. The van der Waals surface area contributed by atoms with E-state index in [1.54, 1.807) is 19.1 Å². The lowest BCUT2D eigenvalue weighted by molar-refractivity contribution is 0.0698. The Hall–Kier alpha value is -3.22. The highest BCUT2D eigenvalue weighted by atomic mass is 19.1. The molecule has 0 radical (unpaired) electrons. The summed E-state index contributed by atoms with van der Waals surface area (Å²) in [6.07, 6.45) is 1.49. The van der Waals surface area contributed by atoms with Gasteiger partial charge in [0.2, 0.25) is 5.95 Å². The van der Waals surface area contributed by atoms with Crippen LogP contribution >= 0.6 is 0 Å². The molecule has 0 aliphatic carbocycles. The molecule has 0 aliphatic rings. The molecule has 0 bridgehead atoms. The van der Waals surface area contributed by atoms with Gasteiger partial charge in [-0.2, -0.15) is 0 Å². The van der Waals surface area contributed by atoms with Gasteiger partial charge in [-0.15, -0.1) is 0 Å². The van der Waals surface area contributed by atoms with Crippen molar-refractivity contribution in [1.29, 1.82) is 0 Å². The highest BCUT2D eigenvalue weighted by molar-refractivity contribution is 5.97. The predicted octanol–water partition coefficient (Wildman–Crippen LogP) is 2.87. The number of hydrogen-bond donors (Lipinski definition) is 3. The Kier molecular flexibility index (Phi) is 3.53. The van der Waals surface area contributed by atoms with Crippen LogP contribution in [0.3, 0.4) is 0 Å². The van der Waals surface area contributed by atoms with Crippen molar-refractivity contribution < 1.29 is 14.3 Å². The van der Waals surface area contributed by atoms with Crippen LogP contribution in [-0.2, 0) is 0 Å². The Morgan fingerprint density at radius 1 is 1.30 bits per heavy atom. The number of benzene rings is 1. The largest absolute Gasteiger partial charge is 0.478 e. The van der Waals surface area contributed by atoms with E-state index in [9.17, 15) is 14.3 Å². The predicted molar refractivity (Wildman–Crippen MR) is 83.3 cm³/mol. The van der Waals surface area contributed by atoms with Crippen molar-refractivity contribution in [3.05, 3.63) is 53.5 Å². The Bertz CT molecular complexity index is 905. The molecule has 6 nitrogen and oxygen atoms in total. The van der Waals surface area contributed by atoms with E-state index in [0.29, 0.717) is 28.2 Å². The lowest BCUT2D eigenvalue weighted by Gasteiger charge is -2.05. The van der Waals surface area contributed by atoms with E-state index >= 15 is 0 Å². The number of rotatable bonds is 3. The molecule has 0 amide bonds. The molecule has 0 saturated carbocycles. The zero-order valence-electron chi connectivity index (χ0n) is 12.2. The van der Waals surface area contributed by atoms with Gasteiger partial charge in [0.15, 0.2) is 0 Å². The van der Waals surface area contributed by atoms with Crippen LogP contribution < -0.4 is 5.73 Å². The molecule has 0 saturated heterocycles. The minimum absolute atomic E-state index is 0.0758. The van der Waals surface area contributed by atoms with Crippen LogP contribution in [0.2, 0.25) is 0 Å². The van der Waals surface area contributed by atoms with Crippen molar-refractivity contribution in [2.75, 3.05) is 5.73 Å². The molecule has 0 fully saturated rings. The smallest absolute Gasteiger partial charge is 0.337 e. The Balaban J connectivity index is 2.19. The zero-order valence-corrected chi connectivity index (χ0v) is 12.2. The molecule has 116 valence electrons. The number of aromatic carboxylic acids is 1. The van der Waals surface area contributed by atoms with Gasteiger partial charge in [-0.25, -0.2) is 19.2 Å². The number of nitrogens with two attached hydrogens (primary N) is 1. The molecule has 1 aromatic carbocycles. The molecule has 7 heteroatoms. The summed E-state index contributed by atoms with van der Waals surface area (Å²) in [5, 5.41) is 9.44. The molecule has 0 spiro atoms. The van der Waals surface area contributed by atoms with Crippen LogP contribution in [0, 0.1) is 12.7 Å². The van der Waals surface area contributed by atoms with E-state index in [1.165, 1.54) is 24.4 Å². The van der Waals surface area contributed by atoms with E-state index in [1.807, 2.05) is 0 Å². The van der Waals surface area contributed by atoms with Gasteiger partial charge in [0, 0.05) is 11.8 Å². The van der Waals surface area contributed by atoms with Gasteiger partial charge in [-0.1, -0.05) is 0 Å². The average Bonchev–Trinajstić information content (AvgIpc) is 2.92. The maximum atomic E-state index is 13.3. The van der Waals surface area contributed by atoms with Crippen LogP contribution in [0.15, 0.2) is 36.5 Å². The number of nitrogen functional groups attached to an aromatic ring is 1. The van der Waals surface area contributed by atoms with Crippen LogP contribution in [0.25, 0.3) is 22.6 Å². The second-order valence-electron chi connectivity index (χ2n) is 5.04. The number of carboxylic acid groups (broad SMARTS) is 1. The molecule has 4 N–H and O–H groups in total. The third-order valence-corrected chi connectivity index (χ3v) is 3.46. The third kappa shape index (κ3) is 2.76. The van der Waals surface area contributed by atoms with E-state index in [0.717, 1.165) is 0 Å². The molecule has 2 aromatic heterocycles. The second-order valence-corrected chi connectivity index (χ2v) is 5.04. The van der Waals surface area contributed by atoms with Gasteiger partial charge in [0.05, 0.1) is 22.6 Å². The van der Waals surface area contributed by atoms with E-state index in [4.69, 9.17) is 5.73 Å². The maximum Gasteiger partial charge on any atom is 0.337 e. The van der Waals surface area contributed by atoms with Crippen molar-refractivity contribution in [3.63, 3.8) is 0 Å². The first-order valence-corrected chi connectivity index (χ1v) is 6.77. The number of aromatic nitrogens is 3. The van der Waals surface area contributed by atoms with E-state index in [-0.39, 0.29) is 17.3 Å². The molecular formula is C16H13FN4O2. The standard InChI is InChI=1S/C16H13FN4O2/c1-8-6-9(17)2-3-10(8)14-11(15(22)23)7-13(20-14)12-4-5-19-16(18)21-12/h2-7,20H,1H3,(H,22,23)(H2,18,19,21). The fourth-order valence-electron chi connectivity index (χ4n) is 2.41. The summed E-state index contributed by atoms with van der Waals surface area (Å²) in [7, 11) is 0. The van der Waals surface area contributed by atoms with Crippen LogP contribution in [-0.4, -0.2) is 26.0 Å². The number of carbonyl (C=O) groups is 1. The van der Waals surface area contributed by atoms with Gasteiger partial charge in [0.1, 0.15) is 5.82 Å². The summed E-state index contributed by atoms with van der Waals surface area (Å²) in [5.41, 5.74) is 8.23. The zero-order chi connectivity index (χ0) is 16.6. The van der Waals surface area contributed by atoms with Crippen molar-refractivity contribution in [1.82, 2.24) is 15.0 Å². The molecule has 0 aliphatic heterocycles. The van der Waals surface area contributed by atoms with Gasteiger partial charge >= 0.3 is 5.97 Å². The lowest BCUT2D eigenvalue weighted by atomic mass is 10.0. The Labute approximate surface area is 130 Å². The Morgan fingerprint density at radius 2 is 2.09 bits per heavy atom. The van der Waals surface area contributed by atoms with Gasteiger partial charge < -0.3 is 15.8 Å². The molecule has 0 unspecified atom stereocenters. The number of carboxylic acids is 1. The molecule has 0 atom stereocenters. The first kappa shape index (κ1) is 14.7. The number of halogens is 1. The minimum Gasteiger partial charge on any atom is -0.478 e. The fraction of sp³-hybridized carbons (Fsp3) is 0.0625. The number of H-pyrrole nitrogens is 1. The summed E-state index contributed by atoms with van der Waals surface area (Å²) in [5.74, 6) is -1.37. The molecule has 23 heavy (non-hydrogen) atoms. The highest BCUT2D eigenvalue weighted by Gasteiger charge is 2.19. The second kappa shape index (κ2) is 5.53. The minimum atomic E-state index is -1.09. The van der Waals surface area contributed by atoms with Gasteiger partial charge in [0.25, 0.3) is 0 Å². The lowest BCUT2D eigenvalue weighted by Crippen LogP contribution is -1.97. The highest BCUT2D eigenvalue weighted by Crippen LogP contribution is 2.30. The average molecular weight is 312 g/mol. The van der Waals surface area contributed by atoms with Crippen molar-refractivity contribution >= 4 is 11.9 Å². The maximum absolute atomic E-state index is 13.3. The molecule has 3 aromatic rings. The number of hydrogen-bond acceptors (Lipinski definition) is 4. The summed E-state index contributed by atoms with van der Waals surface area (Å²) in [6.45, 7) is 1.72. The van der Waals surface area contributed by atoms with Crippen LogP contribution in [0.5, 0.6) is 0 Å². The third-order valence-electron chi connectivity index (χ3n) is 3.46. The number of anilines is 1. The molecule has 3 rings (SSSR count). The van der Waals surface area contributed by atoms with Crippen LogP contribution in [0.1, 0.15) is 15.9 Å². The van der Waals surface area contributed by atoms with Crippen molar-refractivity contribution in [2.24, 2.45) is 0 Å². The van der Waals surface area contributed by atoms with Gasteiger partial charge in [-0.3, -0.25) is 0 Å². The van der Waals surface area contributed by atoms with E-state index < -0.39 is 5.97 Å². The molecule has 2 heterocycles.